The first-order valence-corrected chi connectivity index (χ1v) is 7.57. The Morgan fingerprint density at radius 3 is 2.87 bits per heavy atom. The number of nitrogens with zero attached hydrogens (tertiary/aromatic N) is 4. The van der Waals surface area contributed by atoms with E-state index in [1.165, 1.54) is 0 Å². The van der Waals surface area contributed by atoms with E-state index in [-0.39, 0.29) is 17.8 Å². The fourth-order valence-corrected chi connectivity index (χ4v) is 2.28. The molecule has 122 valence electrons. The molecule has 1 fully saturated rings. The Morgan fingerprint density at radius 1 is 1.35 bits per heavy atom. The van der Waals surface area contributed by atoms with Crippen LogP contribution in [0.5, 0.6) is 0 Å². The predicted octanol–water partition coefficient (Wildman–Crippen LogP) is 1.11. The topological polar surface area (TPSA) is 93.4 Å². The highest BCUT2D eigenvalue weighted by Gasteiger charge is 2.18. The van der Waals surface area contributed by atoms with Crippen molar-refractivity contribution < 1.29 is 14.1 Å². The van der Waals surface area contributed by atoms with Gasteiger partial charge in [0.1, 0.15) is 5.82 Å². The van der Waals surface area contributed by atoms with Crippen molar-refractivity contribution in [1.82, 2.24) is 20.4 Å². The number of nitrogens with one attached hydrogen (secondary N) is 1. The molecule has 0 aliphatic carbocycles. The third kappa shape index (κ3) is 3.65. The molecule has 0 bridgehead atoms. The maximum atomic E-state index is 11.9. The molecule has 2 aromatic rings. The van der Waals surface area contributed by atoms with E-state index in [0.29, 0.717) is 19.0 Å². The van der Waals surface area contributed by atoms with Gasteiger partial charge in [-0.1, -0.05) is 5.16 Å². The van der Waals surface area contributed by atoms with E-state index in [2.05, 4.69) is 25.3 Å². The molecule has 1 saturated heterocycles. The first-order chi connectivity index (χ1) is 11.1. The van der Waals surface area contributed by atoms with Gasteiger partial charge in [0.15, 0.2) is 0 Å². The van der Waals surface area contributed by atoms with E-state index in [1.54, 1.807) is 12.3 Å². The molecule has 0 atom stereocenters. The first-order valence-electron chi connectivity index (χ1n) is 7.57. The van der Waals surface area contributed by atoms with Gasteiger partial charge in [-0.25, -0.2) is 4.98 Å². The second kappa shape index (κ2) is 6.74. The molecule has 1 aliphatic heterocycles. The Kier molecular flexibility index (Phi) is 4.52. The molecule has 1 aliphatic rings. The number of rotatable bonds is 4. The average molecular weight is 317 g/mol. The fourth-order valence-electron chi connectivity index (χ4n) is 2.28. The van der Waals surface area contributed by atoms with E-state index in [0.717, 1.165) is 24.5 Å². The highest BCUT2D eigenvalue weighted by atomic mass is 16.5. The van der Waals surface area contributed by atoms with Gasteiger partial charge in [0.25, 0.3) is 0 Å². The van der Waals surface area contributed by atoms with Crippen LogP contribution in [0.15, 0.2) is 22.9 Å². The van der Waals surface area contributed by atoms with Crippen molar-refractivity contribution in [2.24, 2.45) is 0 Å². The summed E-state index contributed by atoms with van der Waals surface area (Å²) in [5.41, 5.74) is 0.758. The van der Waals surface area contributed by atoms with Crippen molar-refractivity contribution in [3.63, 3.8) is 0 Å². The third-order valence-corrected chi connectivity index (χ3v) is 3.38. The molecule has 0 spiro atoms. The van der Waals surface area contributed by atoms with Gasteiger partial charge in [-0.05, 0) is 26.0 Å². The maximum absolute atomic E-state index is 11.9. The summed E-state index contributed by atoms with van der Waals surface area (Å²) in [6, 6.07) is 3.69. The molecule has 0 radical (unpaired) electrons. The zero-order valence-electron chi connectivity index (χ0n) is 13.2. The van der Waals surface area contributed by atoms with E-state index in [9.17, 15) is 4.79 Å². The summed E-state index contributed by atoms with van der Waals surface area (Å²) < 4.78 is 10.4. The van der Waals surface area contributed by atoms with Crippen LogP contribution in [0.2, 0.25) is 0 Å². The first kappa shape index (κ1) is 15.4. The molecule has 8 heteroatoms. The summed E-state index contributed by atoms with van der Waals surface area (Å²) in [5.74, 6) is 0.791. The minimum atomic E-state index is -0.374. The Bertz CT molecular complexity index is 679. The average Bonchev–Trinajstić information content (AvgIpc) is 3.05. The van der Waals surface area contributed by atoms with Crippen molar-refractivity contribution in [2.75, 3.05) is 31.2 Å². The normalized spacial score (nSPS) is 15.0. The van der Waals surface area contributed by atoms with Crippen LogP contribution in [0.4, 0.5) is 5.82 Å². The monoisotopic (exact) mass is 317 g/mol. The number of hydrogen-bond acceptors (Lipinski definition) is 7. The van der Waals surface area contributed by atoms with Crippen LogP contribution < -0.4 is 10.2 Å². The number of carbonyl (C=O) groups excluding carboxylic acids is 1. The summed E-state index contributed by atoms with van der Waals surface area (Å²) in [7, 11) is 0. The maximum Gasteiger partial charge on any atom is 0.316 e. The van der Waals surface area contributed by atoms with Crippen LogP contribution in [-0.4, -0.2) is 53.4 Å². The minimum Gasteiger partial charge on any atom is -0.378 e. The molecule has 1 N–H and O–H groups in total. The van der Waals surface area contributed by atoms with Crippen LogP contribution >= 0.6 is 0 Å². The van der Waals surface area contributed by atoms with Crippen molar-refractivity contribution in [3.05, 3.63) is 24.2 Å². The highest BCUT2D eigenvalue weighted by Crippen LogP contribution is 2.21. The number of aromatic nitrogens is 3. The third-order valence-electron chi connectivity index (χ3n) is 3.38. The molecule has 0 unspecified atom stereocenters. The molecule has 0 aromatic carbocycles. The molecule has 1 amide bonds. The zero-order chi connectivity index (χ0) is 16.2. The fraction of sp³-hybridized carbons (Fsp3) is 0.467. The lowest BCUT2D eigenvalue weighted by molar-refractivity contribution is 0.0899. The van der Waals surface area contributed by atoms with Crippen LogP contribution in [-0.2, 0) is 4.74 Å². The van der Waals surface area contributed by atoms with Crippen molar-refractivity contribution in [1.29, 1.82) is 0 Å². The van der Waals surface area contributed by atoms with Crippen molar-refractivity contribution in [2.45, 2.75) is 19.9 Å². The number of carbonyl (C=O) groups is 1. The summed E-state index contributed by atoms with van der Waals surface area (Å²) >= 11 is 0. The van der Waals surface area contributed by atoms with Crippen LogP contribution in [0.3, 0.4) is 0 Å². The van der Waals surface area contributed by atoms with Gasteiger partial charge in [-0.15, -0.1) is 0 Å². The molecule has 3 heterocycles. The second-order valence-corrected chi connectivity index (χ2v) is 5.55. The summed E-state index contributed by atoms with van der Waals surface area (Å²) in [6.07, 6.45) is 1.70. The van der Waals surface area contributed by atoms with Crippen molar-refractivity contribution in [3.8, 4) is 11.4 Å². The quantitative estimate of drug-likeness (QED) is 0.902. The summed E-state index contributed by atoms with van der Waals surface area (Å²) in [4.78, 5) is 22.5. The highest BCUT2D eigenvalue weighted by molar-refractivity contribution is 5.90. The van der Waals surface area contributed by atoms with Crippen LogP contribution in [0, 0.1) is 0 Å². The number of hydrogen-bond donors (Lipinski definition) is 1. The Hall–Kier alpha value is -2.48. The van der Waals surface area contributed by atoms with Crippen molar-refractivity contribution >= 4 is 11.7 Å². The van der Waals surface area contributed by atoms with E-state index < -0.39 is 0 Å². The molecular weight excluding hydrogens is 298 g/mol. The molecular formula is C15H19N5O3. The van der Waals surface area contributed by atoms with Gasteiger partial charge in [0, 0.05) is 30.9 Å². The van der Waals surface area contributed by atoms with E-state index >= 15 is 0 Å². The van der Waals surface area contributed by atoms with Gasteiger partial charge < -0.3 is 19.5 Å². The zero-order valence-corrected chi connectivity index (χ0v) is 13.2. The molecule has 2 aromatic heterocycles. The second-order valence-electron chi connectivity index (χ2n) is 5.55. The van der Waals surface area contributed by atoms with Gasteiger partial charge >= 0.3 is 11.8 Å². The number of morpholine rings is 1. The summed E-state index contributed by atoms with van der Waals surface area (Å²) in [5, 5.41) is 6.60. The van der Waals surface area contributed by atoms with E-state index in [4.69, 9.17) is 9.26 Å². The SMILES string of the molecule is CC(C)NC(=O)c1nc(-c2ccnc(N3CCOCC3)c2)no1. The van der Waals surface area contributed by atoms with Crippen LogP contribution in [0.1, 0.15) is 24.5 Å². The molecule has 23 heavy (non-hydrogen) atoms. The Morgan fingerprint density at radius 2 is 2.13 bits per heavy atom. The van der Waals surface area contributed by atoms with Gasteiger partial charge in [-0.2, -0.15) is 4.98 Å². The lowest BCUT2D eigenvalue weighted by Gasteiger charge is -2.27. The number of pyridine rings is 1. The lowest BCUT2D eigenvalue weighted by Crippen LogP contribution is -2.36. The Labute approximate surface area is 133 Å². The van der Waals surface area contributed by atoms with Gasteiger partial charge in [0.05, 0.1) is 13.2 Å². The predicted molar refractivity (Wildman–Crippen MR) is 83.2 cm³/mol. The largest absolute Gasteiger partial charge is 0.378 e. The minimum absolute atomic E-state index is 0.00620. The molecule has 0 saturated carbocycles. The van der Waals surface area contributed by atoms with E-state index in [1.807, 2.05) is 19.9 Å². The summed E-state index contributed by atoms with van der Waals surface area (Å²) in [6.45, 7) is 6.70. The standard InChI is InChI=1S/C15H19N5O3/c1-10(2)17-14(21)15-18-13(19-23-15)11-3-4-16-12(9-11)20-5-7-22-8-6-20/h3-4,9-10H,5-8H2,1-2H3,(H,17,21). The molecule has 3 rings (SSSR count). The van der Waals surface area contributed by atoms with Crippen LogP contribution in [0.25, 0.3) is 11.4 Å². The smallest absolute Gasteiger partial charge is 0.316 e. The Balaban J connectivity index is 1.79. The number of ether oxygens (including phenoxy) is 1. The van der Waals surface area contributed by atoms with Gasteiger partial charge in [0.2, 0.25) is 5.82 Å². The number of amides is 1. The van der Waals surface area contributed by atoms with Gasteiger partial charge in [-0.3, -0.25) is 4.79 Å². The lowest BCUT2D eigenvalue weighted by atomic mass is 10.2. The number of anilines is 1. The molecule has 8 nitrogen and oxygen atoms in total.